The summed E-state index contributed by atoms with van der Waals surface area (Å²) in [6.45, 7) is 11.6. The Kier molecular flexibility index (Phi) is 6.21. The lowest BCUT2D eigenvalue weighted by atomic mass is 9.64. The first-order chi connectivity index (χ1) is 17.0. The second-order valence-electron chi connectivity index (χ2n) is 11.9. The van der Waals surface area contributed by atoms with E-state index in [2.05, 4.69) is 33.9 Å². The maximum Gasteiger partial charge on any atom is 0.248 e. The van der Waals surface area contributed by atoms with Gasteiger partial charge in [0.05, 0.1) is 13.0 Å². The number of rotatable bonds is 7. The third-order valence-corrected chi connectivity index (χ3v) is 13.4. The van der Waals surface area contributed by atoms with Crippen LogP contribution < -0.4 is 9.47 Å². The number of fused-ring (bicyclic) bond motifs is 3. The second kappa shape index (κ2) is 8.85. The molecule has 2 bridgehead atoms. The van der Waals surface area contributed by atoms with Crippen LogP contribution in [0, 0.1) is 16.0 Å². The molecule has 1 spiro atoms. The molecule has 0 radical (unpaired) electrons. The van der Waals surface area contributed by atoms with Gasteiger partial charge in [0.2, 0.25) is 6.04 Å². The minimum atomic E-state index is -2.03. The molecule has 1 saturated heterocycles. The summed E-state index contributed by atoms with van der Waals surface area (Å²) in [5.41, 5.74) is 2.00. The molecule has 2 aromatic carbocycles. The molecule has 5 atom stereocenters. The summed E-state index contributed by atoms with van der Waals surface area (Å²) in [5.74, 6) is 1.04. The lowest BCUT2D eigenvalue weighted by Gasteiger charge is -2.46. The molecule has 7 nitrogen and oxygen atoms in total. The van der Waals surface area contributed by atoms with E-state index in [1.54, 1.807) is 7.11 Å². The summed E-state index contributed by atoms with van der Waals surface area (Å²) in [4.78, 5) is 12.1. The van der Waals surface area contributed by atoms with Crippen LogP contribution in [0.4, 0.5) is 0 Å². The van der Waals surface area contributed by atoms with Gasteiger partial charge in [-0.25, -0.2) is 0 Å². The van der Waals surface area contributed by atoms with Crippen LogP contribution in [0.15, 0.2) is 42.5 Å². The van der Waals surface area contributed by atoms with E-state index in [1.165, 1.54) is 0 Å². The molecule has 8 heteroatoms. The predicted molar refractivity (Wildman–Crippen MR) is 139 cm³/mol. The van der Waals surface area contributed by atoms with Gasteiger partial charge in [-0.3, -0.25) is 10.1 Å². The number of methoxy groups -OCH3 is 1. The fourth-order valence-corrected chi connectivity index (χ4v) is 7.50. The van der Waals surface area contributed by atoms with Crippen molar-refractivity contribution in [1.82, 2.24) is 0 Å². The summed E-state index contributed by atoms with van der Waals surface area (Å²) < 4.78 is 25.7. The summed E-state index contributed by atoms with van der Waals surface area (Å²) in [6, 6.07) is 13.0. The summed E-state index contributed by atoms with van der Waals surface area (Å²) in [5, 5.41) is 12.3. The van der Waals surface area contributed by atoms with Crippen LogP contribution >= 0.6 is 0 Å². The average Bonchev–Trinajstić information content (AvgIpc) is 3.32. The molecule has 194 valence electrons. The van der Waals surface area contributed by atoms with Gasteiger partial charge in [0.15, 0.2) is 25.9 Å². The second-order valence-corrected chi connectivity index (χ2v) is 16.7. The van der Waals surface area contributed by atoms with E-state index in [-0.39, 0.29) is 22.0 Å². The number of nitro groups is 1. The summed E-state index contributed by atoms with van der Waals surface area (Å²) >= 11 is 0. The van der Waals surface area contributed by atoms with E-state index >= 15 is 0 Å². The number of hydrogen-bond acceptors (Lipinski definition) is 6. The van der Waals surface area contributed by atoms with E-state index in [0.717, 1.165) is 23.1 Å². The Bertz CT molecular complexity index is 1150. The molecule has 2 aromatic rings. The lowest BCUT2D eigenvalue weighted by Crippen LogP contribution is -2.51. The summed E-state index contributed by atoms with van der Waals surface area (Å²) in [7, 11) is -0.405. The first-order valence-corrected chi connectivity index (χ1v) is 15.8. The van der Waals surface area contributed by atoms with Crippen molar-refractivity contribution < 1.29 is 23.6 Å². The monoisotopic (exact) mass is 511 g/mol. The highest BCUT2D eigenvalue weighted by Crippen LogP contribution is 2.67. The Morgan fingerprint density at radius 1 is 1.14 bits per heavy atom. The Morgan fingerprint density at radius 2 is 1.86 bits per heavy atom. The van der Waals surface area contributed by atoms with Crippen LogP contribution in [0.1, 0.15) is 62.8 Å². The molecule has 2 aliphatic heterocycles. The van der Waals surface area contributed by atoms with E-state index in [4.69, 9.17) is 18.6 Å². The van der Waals surface area contributed by atoms with Gasteiger partial charge in [-0.05, 0) is 48.2 Å². The fraction of sp³-hybridized carbons (Fsp3) is 0.571. The van der Waals surface area contributed by atoms with Gasteiger partial charge in [0.25, 0.3) is 0 Å². The highest BCUT2D eigenvalue weighted by molar-refractivity contribution is 6.74. The molecule has 2 fully saturated rings. The van der Waals surface area contributed by atoms with Crippen molar-refractivity contribution >= 4 is 8.32 Å². The van der Waals surface area contributed by atoms with E-state index in [1.807, 2.05) is 42.5 Å². The molecular formula is C28H37NO6Si. The Labute approximate surface area is 214 Å². The van der Waals surface area contributed by atoms with Crippen molar-refractivity contribution in [2.24, 2.45) is 5.92 Å². The van der Waals surface area contributed by atoms with Crippen molar-refractivity contribution in [3.05, 3.63) is 69.3 Å². The smallest absolute Gasteiger partial charge is 0.248 e. The average molecular weight is 512 g/mol. The standard InChI is InChI=1S/C28H37NO6Si/c1-27(2,3)36(5,6)35-19-12-14-21-24(29(30)31)25-20-13-15-22(32-4)26(23(20)28(21,16-19)34-25)33-17-18-10-8-7-9-11-18/h7-11,13,15,19,21,24-25H,12,14,16-17H2,1-6H3/t19-,21-,24-,25+,28-/m0/s1. The van der Waals surface area contributed by atoms with Crippen LogP contribution in [-0.4, -0.2) is 32.5 Å². The van der Waals surface area contributed by atoms with E-state index in [0.29, 0.717) is 30.9 Å². The third kappa shape index (κ3) is 3.94. The van der Waals surface area contributed by atoms with Gasteiger partial charge >= 0.3 is 0 Å². The fourth-order valence-electron chi connectivity index (χ4n) is 6.11. The molecule has 5 rings (SSSR count). The zero-order chi connectivity index (χ0) is 25.9. The maximum atomic E-state index is 12.3. The molecular weight excluding hydrogens is 474 g/mol. The molecule has 3 aliphatic rings. The molecule has 2 heterocycles. The van der Waals surface area contributed by atoms with Gasteiger partial charge < -0.3 is 18.6 Å². The van der Waals surface area contributed by atoms with Crippen molar-refractivity contribution in [3.63, 3.8) is 0 Å². The van der Waals surface area contributed by atoms with Crippen molar-refractivity contribution in [2.75, 3.05) is 7.11 Å². The Balaban J connectivity index is 1.56. The normalized spacial score (nSPS) is 28.9. The minimum Gasteiger partial charge on any atom is -0.493 e. The van der Waals surface area contributed by atoms with Crippen LogP contribution in [-0.2, 0) is 21.4 Å². The molecule has 0 unspecified atom stereocenters. The van der Waals surface area contributed by atoms with Crippen LogP contribution in [0.2, 0.25) is 18.1 Å². The molecule has 1 saturated carbocycles. The first-order valence-electron chi connectivity index (χ1n) is 12.9. The van der Waals surface area contributed by atoms with Crippen LogP contribution in [0.5, 0.6) is 11.5 Å². The SMILES string of the molecule is COc1ccc2c(c1OCc1ccccc1)[C@]13C[C@@H](O[Si](C)(C)C(C)(C)C)CC[C@H]1[C@H]([N+](=O)[O-])[C@@H]2O3. The van der Waals surface area contributed by atoms with Gasteiger partial charge in [-0.2, -0.15) is 0 Å². The van der Waals surface area contributed by atoms with Crippen molar-refractivity contribution in [2.45, 2.75) is 88.6 Å². The molecule has 1 aliphatic carbocycles. The first kappa shape index (κ1) is 25.2. The highest BCUT2D eigenvalue weighted by Gasteiger charge is 2.70. The topological polar surface area (TPSA) is 80.1 Å². The van der Waals surface area contributed by atoms with Crippen molar-refractivity contribution in [1.29, 1.82) is 0 Å². The minimum absolute atomic E-state index is 0.0209. The van der Waals surface area contributed by atoms with Crippen LogP contribution in [0.25, 0.3) is 0 Å². The summed E-state index contributed by atoms with van der Waals surface area (Å²) in [6.07, 6.45) is 1.48. The third-order valence-electron chi connectivity index (χ3n) is 8.83. The quantitative estimate of drug-likeness (QED) is 0.243. The maximum absolute atomic E-state index is 12.3. The van der Waals surface area contributed by atoms with Crippen molar-refractivity contribution in [3.8, 4) is 11.5 Å². The Morgan fingerprint density at radius 3 is 2.50 bits per heavy atom. The lowest BCUT2D eigenvalue weighted by molar-refractivity contribution is -0.537. The molecule has 0 amide bonds. The zero-order valence-electron chi connectivity index (χ0n) is 22.1. The Hall–Kier alpha value is -2.42. The molecule has 0 aromatic heterocycles. The van der Waals surface area contributed by atoms with E-state index < -0.39 is 26.1 Å². The number of nitrogens with zero attached hydrogens (tertiary/aromatic N) is 1. The van der Waals surface area contributed by atoms with Gasteiger partial charge in [0, 0.05) is 23.0 Å². The highest BCUT2D eigenvalue weighted by atomic mass is 28.4. The van der Waals surface area contributed by atoms with E-state index in [9.17, 15) is 10.1 Å². The van der Waals surface area contributed by atoms with Gasteiger partial charge in [-0.15, -0.1) is 0 Å². The number of benzene rings is 2. The molecule has 0 N–H and O–H groups in total. The van der Waals surface area contributed by atoms with Crippen LogP contribution in [0.3, 0.4) is 0 Å². The van der Waals surface area contributed by atoms with Gasteiger partial charge in [0.1, 0.15) is 12.2 Å². The largest absolute Gasteiger partial charge is 0.493 e. The van der Waals surface area contributed by atoms with Gasteiger partial charge in [-0.1, -0.05) is 57.2 Å². The predicted octanol–water partition coefficient (Wildman–Crippen LogP) is 6.39. The zero-order valence-corrected chi connectivity index (χ0v) is 23.1. The molecule has 36 heavy (non-hydrogen) atoms. The number of hydrogen-bond donors (Lipinski definition) is 0. The number of ether oxygens (including phenoxy) is 3.